The number of benzene rings is 2. The molecule has 0 spiro atoms. The molecule has 0 radical (unpaired) electrons. The lowest BCUT2D eigenvalue weighted by molar-refractivity contribution is -0.384. The molecular weight excluding hydrogens is 268 g/mol. The first-order chi connectivity index (χ1) is 10.2. The van der Waals surface area contributed by atoms with Crippen LogP contribution < -0.4 is 10.1 Å². The second-order valence-corrected chi connectivity index (χ2v) is 5.16. The molecule has 0 saturated heterocycles. The molecule has 0 bridgehead atoms. The van der Waals surface area contributed by atoms with Crippen LogP contribution in [-0.4, -0.2) is 11.0 Å². The molecule has 21 heavy (non-hydrogen) atoms. The highest BCUT2D eigenvalue weighted by Crippen LogP contribution is 2.25. The van der Waals surface area contributed by atoms with Crippen molar-refractivity contribution in [3.63, 3.8) is 0 Å². The summed E-state index contributed by atoms with van der Waals surface area (Å²) < 4.78 is 5.73. The van der Waals surface area contributed by atoms with Crippen molar-refractivity contribution >= 4 is 5.69 Å². The fourth-order valence-electron chi connectivity index (χ4n) is 2.04. The molecule has 5 nitrogen and oxygen atoms in total. The maximum Gasteiger partial charge on any atom is 0.269 e. The SMILES string of the molecule is O=[N+]([O-])c1ccc(Oc2cccc(CNC3CC3)c2)cc1. The molecule has 0 unspecified atom stereocenters. The normalized spacial score (nSPS) is 13.9. The van der Waals surface area contributed by atoms with Crippen molar-refractivity contribution in [2.45, 2.75) is 25.4 Å². The predicted molar refractivity (Wildman–Crippen MR) is 79.5 cm³/mol. The zero-order chi connectivity index (χ0) is 14.7. The van der Waals surface area contributed by atoms with Crippen LogP contribution in [0.3, 0.4) is 0 Å². The first-order valence-electron chi connectivity index (χ1n) is 6.95. The van der Waals surface area contributed by atoms with Gasteiger partial charge in [0.15, 0.2) is 0 Å². The van der Waals surface area contributed by atoms with Crippen LogP contribution in [0, 0.1) is 10.1 Å². The molecule has 5 heteroatoms. The second-order valence-electron chi connectivity index (χ2n) is 5.16. The summed E-state index contributed by atoms with van der Waals surface area (Å²) >= 11 is 0. The molecule has 3 rings (SSSR count). The number of nitrogens with zero attached hydrogens (tertiary/aromatic N) is 1. The minimum absolute atomic E-state index is 0.0599. The summed E-state index contributed by atoms with van der Waals surface area (Å²) in [6, 6.07) is 14.6. The van der Waals surface area contributed by atoms with E-state index in [1.165, 1.54) is 30.5 Å². The van der Waals surface area contributed by atoms with Crippen LogP contribution in [0.4, 0.5) is 5.69 Å². The van der Waals surface area contributed by atoms with Gasteiger partial charge in [-0.05, 0) is 42.7 Å². The van der Waals surface area contributed by atoms with Crippen molar-refractivity contribution < 1.29 is 9.66 Å². The Kier molecular flexibility index (Phi) is 3.83. The number of nitro benzene ring substituents is 1. The van der Waals surface area contributed by atoms with Crippen LogP contribution in [-0.2, 0) is 6.54 Å². The van der Waals surface area contributed by atoms with E-state index in [2.05, 4.69) is 11.4 Å². The van der Waals surface area contributed by atoms with Crippen molar-refractivity contribution in [3.8, 4) is 11.5 Å². The number of nitro groups is 1. The Morgan fingerprint density at radius 3 is 2.57 bits per heavy atom. The van der Waals surface area contributed by atoms with Crippen LogP contribution in [0.5, 0.6) is 11.5 Å². The van der Waals surface area contributed by atoms with E-state index in [-0.39, 0.29) is 5.69 Å². The summed E-state index contributed by atoms with van der Waals surface area (Å²) in [6.07, 6.45) is 2.53. The van der Waals surface area contributed by atoms with E-state index in [9.17, 15) is 10.1 Å². The molecule has 1 saturated carbocycles. The first kappa shape index (κ1) is 13.6. The molecule has 1 aliphatic rings. The highest BCUT2D eigenvalue weighted by atomic mass is 16.6. The number of non-ortho nitro benzene ring substituents is 1. The Balaban J connectivity index is 1.65. The zero-order valence-electron chi connectivity index (χ0n) is 11.5. The molecule has 0 amide bonds. The summed E-state index contributed by atoms with van der Waals surface area (Å²) in [5.74, 6) is 1.33. The maximum absolute atomic E-state index is 10.6. The molecule has 2 aromatic carbocycles. The zero-order valence-corrected chi connectivity index (χ0v) is 11.5. The first-order valence-corrected chi connectivity index (χ1v) is 6.95. The number of hydrogen-bond donors (Lipinski definition) is 1. The van der Waals surface area contributed by atoms with Crippen molar-refractivity contribution in [3.05, 3.63) is 64.2 Å². The van der Waals surface area contributed by atoms with Crippen molar-refractivity contribution in [2.24, 2.45) is 0 Å². The standard InChI is InChI=1S/C16H16N2O3/c19-18(20)14-6-8-15(9-7-14)21-16-3-1-2-12(10-16)11-17-13-4-5-13/h1-3,6-10,13,17H,4-5,11H2. The lowest BCUT2D eigenvalue weighted by Gasteiger charge is -2.08. The van der Waals surface area contributed by atoms with E-state index < -0.39 is 4.92 Å². The van der Waals surface area contributed by atoms with E-state index in [4.69, 9.17) is 4.74 Å². The monoisotopic (exact) mass is 284 g/mol. The predicted octanol–water partition coefficient (Wildman–Crippen LogP) is 3.64. The summed E-state index contributed by atoms with van der Waals surface area (Å²) in [6.45, 7) is 0.835. The molecule has 2 aromatic rings. The Morgan fingerprint density at radius 2 is 1.90 bits per heavy atom. The van der Waals surface area contributed by atoms with Gasteiger partial charge in [0, 0.05) is 24.7 Å². The molecule has 0 aromatic heterocycles. The number of rotatable bonds is 6. The number of nitrogens with one attached hydrogen (secondary N) is 1. The lowest BCUT2D eigenvalue weighted by Crippen LogP contribution is -2.15. The van der Waals surface area contributed by atoms with Crippen LogP contribution >= 0.6 is 0 Å². The fourth-order valence-corrected chi connectivity index (χ4v) is 2.04. The van der Waals surface area contributed by atoms with Crippen LogP contribution in [0.2, 0.25) is 0 Å². The third kappa shape index (κ3) is 3.79. The van der Waals surface area contributed by atoms with Gasteiger partial charge in [0.2, 0.25) is 0 Å². The maximum atomic E-state index is 10.6. The smallest absolute Gasteiger partial charge is 0.269 e. The second kappa shape index (κ2) is 5.93. The Morgan fingerprint density at radius 1 is 1.14 bits per heavy atom. The Bertz CT molecular complexity index is 636. The topological polar surface area (TPSA) is 64.4 Å². The van der Waals surface area contributed by atoms with E-state index in [1.54, 1.807) is 12.1 Å². The molecular formula is C16H16N2O3. The quantitative estimate of drug-likeness (QED) is 0.649. The van der Waals surface area contributed by atoms with Gasteiger partial charge in [0.1, 0.15) is 11.5 Å². The summed E-state index contributed by atoms with van der Waals surface area (Å²) in [7, 11) is 0. The van der Waals surface area contributed by atoms with Gasteiger partial charge in [-0.1, -0.05) is 12.1 Å². The van der Waals surface area contributed by atoms with Gasteiger partial charge < -0.3 is 10.1 Å². The van der Waals surface area contributed by atoms with Gasteiger partial charge in [-0.2, -0.15) is 0 Å². The van der Waals surface area contributed by atoms with E-state index >= 15 is 0 Å². The third-order valence-corrected chi connectivity index (χ3v) is 3.35. The lowest BCUT2D eigenvalue weighted by atomic mass is 10.2. The largest absolute Gasteiger partial charge is 0.457 e. The molecule has 1 fully saturated rings. The molecule has 1 aliphatic carbocycles. The van der Waals surface area contributed by atoms with Crippen molar-refractivity contribution in [1.82, 2.24) is 5.32 Å². The molecule has 0 heterocycles. The van der Waals surface area contributed by atoms with E-state index in [0.717, 1.165) is 12.3 Å². The van der Waals surface area contributed by atoms with Gasteiger partial charge in [0.25, 0.3) is 5.69 Å². The van der Waals surface area contributed by atoms with Crippen LogP contribution in [0.15, 0.2) is 48.5 Å². The Labute approximate surface area is 122 Å². The molecule has 0 aliphatic heterocycles. The van der Waals surface area contributed by atoms with E-state index in [1.807, 2.05) is 18.2 Å². The highest BCUT2D eigenvalue weighted by molar-refractivity contribution is 5.39. The van der Waals surface area contributed by atoms with E-state index in [0.29, 0.717) is 11.8 Å². The van der Waals surface area contributed by atoms with Gasteiger partial charge in [0.05, 0.1) is 4.92 Å². The average molecular weight is 284 g/mol. The van der Waals surface area contributed by atoms with Gasteiger partial charge in [-0.15, -0.1) is 0 Å². The minimum atomic E-state index is -0.423. The molecule has 0 atom stereocenters. The highest BCUT2D eigenvalue weighted by Gasteiger charge is 2.19. The fraction of sp³-hybridized carbons (Fsp3) is 0.250. The van der Waals surface area contributed by atoms with Crippen LogP contribution in [0.25, 0.3) is 0 Å². The van der Waals surface area contributed by atoms with Gasteiger partial charge in [-0.25, -0.2) is 0 Å². The minimum Gasteiger partial charge on any atom is -0.457 e. The third-order valence-electron chi connectivity index (χ3n) is 3.35. The number of ether oxygens (including phenoxy) is 1. The van der Waals surface area contributed by atoms with Crippen LogP contribution in [0.1, 0.15) is 18.4 Å². The summed E-state index contributed by atoms with van der Waals surface area (Å²) in [4.78, 5) is 10.2. The summed E-state index contributed by atoms with van der Waals surface area (Å²) in [5.41, 5.74) is 1.23. The summed E-state index contributed by atoms with van der Waals surface area (Å²) in [5, 5.41) is 14.1. The van der Waals surface area contributed by atoms with Gasteiger partial charge >= 0.3 is 0 Å². The molecule has 108 valence electrons. The van der Waals surface area contributed by atoms with Crippen molar-refractivity contribution in [2.75, 3.05) is 0 Å². The Hall–Kier alpha value is -2.40. The van der Waals surface area contributed by atoms with Crippen molar-refractivity contribution in [1.29, 1.82) is 0 Å². The molecule has 1 N–H and O–H groups in total. The van der Waals surface area contributed by atoms with Gasteiger partial charge in [-0.3, -0.25) is 10.1 Å². The average Bonchev–Trinajstić information content (AvgIpc) is 3.30. The number of hydrogen-bond acceptors (Lipinski definition) is 4.